The molecule has 2 amide bonds. The summed E-state index contributed by atoms with van der Waals surface area (Å²) in [6, 6.07) is 16.7. The van der Waals surface area contributed by atoms with Gasteiger partial charge in [-0.15, -0.1) is 0 Å². The lowest BCUT2D eigenvalue weighted by atomic mass is 9.82. The van der Waals surface area contributed by atoms with Crippen molar-refractivity contribution in [2.24, 2.45) is 11.8 Å². The molecular formula is C35H46N2O5S. The van der Waals surface area contributed by atoms with Crippen molar-refractivity contribution in [3.63, 3.8) is 0 Å². The highest BCUT2D eigenvalue weighted by atomic mass is 32.2. The van der Waals surface area contributed by atoms with Gasteiger partial charge >= 0.3 is 6.09 Å². The molecule has 2 aliphatic carbocycles. The minimum atomic E-state index is -0.922. The van der Waals surface area contributed by atoms with Crippen LogP contribution in [0.3, 0.4) is 0 Å². The van der Waals surface area contributed by atoms with Crippen molar-refractivity contribution in [3.8, 4) is 0 Å². The molecule has 8 heteroatoms. The van der Waals surface area contributed by atoms with E-state index < -0.39 is 36.3 Å². The number of fused-ring (bicyclic) bond motifs is 1. The second kappa shape index (κ2) is 15.8. The Bertz CT molecular complexity index is 1210. The Hall–Kier alpha value is -2.81. The number of aliphatic hydroxyl groups is 2. The summed E-state index contributed by atoms with van der Waals surface area (Å²) in [6.45, 7) is 0. The van der Waals surface area contributed by atoms with Crippen molar-refractivity contribution in [2.75, 3.05) is 11.5 Å². The number of ether oxygens (including phenoxy) is 1. The van der Waals surface area contributed by atoms with Crippen molar-refractivity contribution >= 4 is 29.8 Å². The first kappa shape index (κ1) is 31.6. The van der Waals surface area contributed by atoms with Crippen molar-refractivity contribution in [1.29, 1.82) is 0 Å². The smallest absolute Gasteiger partial charge is 0.407 e. The van der Waals surface area contributed by atoms with Crippen LogP contribution < -0.4 is 10.6 Å². The number of benzene rings is 2. The van der Waals surface area contributed by atoms with E-state index in [0.29, 0.717) is 25.2 Å². The van der Waals surface area contributed by atoms with Crippen LogP contribution in [0.2, 0.25) is 0 Å². The summed E-state index contributed by atoms with van der Waals surface area (Å²) in [5, 5.41) is 28.5. The van der Waals surface area contributed by atoms with Crippen molar-refractivity contribution in [1.82, 2.24) is 10.6 Å². The summed E-state index contributed by atoms with van der Waals surface area (Å²) in [7, 11) is 0. The Morgan fingerprint density at radius 3 is 2.56 bits per heavy atom. The molecule has 1 heterocycles. The minimum absolute atomic E-state index is 0.0974. The van der Waals surface area contributed by atoms with E-state index >= 15 is 0 Å². The lowest BCUT2D eigenvalue weighted by Crippen LogP contribution is -2.47. The molecule has 7 nitrogen and oxygen atoms in total. The highest BCUT2D eigenvalue weighted by Crippen LogP contribution is 2.33. The van der Waals surface area contributed by atoms with Gasteiger partial charge in [0.2, 0.25) is 5.91 Å². The van der Waals surface area contributed by atoms with E-state index in [1.54, 1.807) is 11.8 Å². The van der Waals surface area contributed by atoms with Crippen LogP contribution in [-0.2, 0) is 16.0 Å². The zero-order valence-electron chi connectivity index (χ0n) is 24.9. The Balaban J connectivity index is 1.30. The van der Waals surface area contributed by atoms with Gasteiger partial charge < -0.3 is 25.6 Å². The molecule has 1 saturated heterocycles. The van der Waals surface area contributed by atoms with Crippen molar-refractivity contribution in [2.45, 2.75) is 94.6 Å². The number of amides is 2. The van der Waals surface area contributed by atoms with E-state index in [1.807, 2.05) is 66.7 Å². The zero-order valence-corrected chi connectivity index (χ0v) is 25.7. The number of nitrogens with one attached hydrogen (secondary N) is 2. The zero-order chi connectivity index (χ0) is 30.0. The number of carbonyl (C=O) groups excluding carboxylic acids is 2. The van der Waals surface area contributed by atoms with Crippen LogP contribution in [0.5, 0.6) is 0 Å². The van der Waals surface area contributed by atoms with Crippen molar-refractivity contribution in [3.05, 3.63) is 77.4 Å². The van der Waals surface area contributed by atoms with Crippen LogP contribution in [0.15, 0.2) is 60.7 Å². The van der Waals surface area contributed by atoms with E-state index in [9.17, 15) is 19.8 Å². The lowest BCUT2D eigenvalue weighted by molar-refractivity contribution is -0.127. The quantitative estimate of drug-likeness (QED) is 0.243. The molecule has 1 saturated carbocycles. The first-order valence-corrected chi connectivity index (χ1v) is 17.1. The Morgan fingerprint density at radius 2 is 1.79 bits per heavy atom. The van der Waals surface area contributed by atoms with Gasteiger partial charge in [-0.3, -0.25) is 4.79 Å². The van der Waals surface area contributed by atoms with E-state index in [0.717, 1.165) is 60.3 Å². The number of aliphatic hydroxyl groups excluding tert-OH is 2. The largest absolute Gasteiger partial charge is 0.445 e. The van der Waals surface area contributed by atoms with Gasteiger partial charge in [-0.2, -0.15) is 11.8 Å². The number of alkyl carbamates (subject to hydrolysis) is 1. The fraction of sp³-hybridized carbons (Fsp3) is 0.543. The monoisotopic (exact) mass is 606 g/mol. The van der Waals surface area contributed by atoms with Crippen LogP contribution in [0.4, 0.5) is 4.79 Å². The number of hydrogen-bond donors (Lipinski definition) is 4. The highest BCUT2D eigenvalue weighted by Gasteiger charge is 2.35. The number of rotatable bonds is 12. The summed E-state index contributed by atoms with van der Waals surface area (Å²) in [5.41, 5.74) is 3.01. The van der Waals surface area contributed by atoms with Gasteiger partial charge in [-0.25, -0.2) is 4.79 Å². The molecule has 232 valence electrons. The lowest BCUT2D eigenvalue weighted by Gasteiger charge is -2.32. The molecule has 2 aromatic carbocycles. The van der Waals surface area contributed by atoms with E-state index in [2.05, 4.69) is 10.6 Å². The normalized spacial score (nSPS) is 24.3. The SMILES string of the molecule is O=C(N[C@@H](CC1CCCCC1)[C@@H](O)C[C@@H](CC=Cc1ccccc1)C(=O)N[C@H]1c2ccccc2C[C@H]1O)O[C@H]1CCSC1. The molecule has 4 N–H and O–H groups in total. The number of hydrogen-bond acceptors (Lipinski definition) is 6. The number of thioether (sulfide) groups is 1. The van der Waals surface area contributed by atoms with E-state index in [1.165, 1.54) is 6.42 Å². The molecule has 3 aliphatic rings. The molecule has 0 unspecified atom stereocenters. The molecule has 0 spiro atoms. The van der Waals surface area contributed by atoms with Gasteiger partial charge in [0.15, 0.2) is 0 Å². The van der Waals surface area contributed by atoms with Gasteiger partial charge in [-0.05, 0) is 54.0 Å². The predicted octanol–water partition coefficient (Wildman–Crippen LogP) is 5.80. The summed E-state index contributed by atoms with van der Waals surface area (Å²) in [5.74, 6) is 1.45. The number of carbonyl (C=O) groups is 2. The fourth-order valence-electron chi connectivity index (χ4n) is 6.75. The van der Waals surface area contributed by atoms with Crippen LogP contribution >= 0.6 is 11.8 Å². The third-order valence-electron chi connectivity index (χ3n) is 9.17. The maximum absolute atomic E-state index is 13.8. The van der Waals surface area contributed by atoms with Gasteiger partial charge in [0.05, 0.1) is 24.3 Å². The molecule has 1 aliphatic heterocycles. The first-order chi connectivity index (χ1) is 21.0. The van der Waals surface area contributed by atoms with Gasteiger partial charge in [0.25, 0.3) is 0 Å². The third-order valence-corrected chi connectivity index (χ3v) is 10.3. The first-order valence-electron chi connectivity index (χ1n) is 16.0. The molecule has 2 aromatic rings. The van der Waals surface area contributed by atoms with Gasteiger partial charge in [0, 0.05) is 18.1 Å². The van der Waals surface area contributed by atoms with Crippen LogP contribution in [-0.4, -0.2) is 58.1 Å². The van der Waals surface area contributed by atoms with Crippen LogP contribution in [0, 0.1) is 11.8 Å². The predicted molar refractivity (Wildman–Crippen MR) is 172 cm³/mol. The van der Waals surface area contributed by atoms with E-state index in [4.69, 9.17) is 4.74 Å². The molecule has 0 bridgehead atoms. The van der Waals surface area contributed by atoms with E-state index in [-0.39, 0.29) is 18.4 Å². The Labute approximate surface area is 259 Å². The minimum Gasteiger partial charge on any atom is -0.445 e. The number of allylic oxidation sites excluding steroid dienone is 1. The Morgan fingerprint density at radius 1 is 1.02 bits per heavy atom. The third kappa shape index (κ3) is 9.10. The summed E-state index contributed by atoms with van der Waals surface area (Å²) in [6.07, 6.45) is 10.1. The second-order valence-corrected chi connectivity index (χ2v) is 13.5. The maximum Gasteiger partial charge on any atom is 0.407 e. The molecule has 5 rings (SSSR count). The fourth-order valence-corrected chi connectivity index (χ4v) is 7.85. The standard InChI is InChI=1S/C35H46N2O5S/c38-31(30(20-25-12-5-2-6-13-25)36-35(41)42-28-18-19-43-23-28)22-27(16-9-14-24-10-3-1-4-11-24)34(40)37-33-29-17-8-7-15-26(29)21-32(33)39/h1,3-4,7-11,14-15,17,25,27-28,30-33,38-39H,2,5-6,12-13,16,18-23H2,(H,36,41)(H,37,40)/t27-,28+,30+,31+,32-,33+/m1/s1. The highest BCUT2D eigenvalue weighted by molar-refractivity contribution is 7.99. The summed E-state index contributed by atoms with van der Waals surface area (Å²) in [4.78, 5) is 26.7. The van der Waals surface area contributed by atoms with Crippen LogP contribution in [0.1, 0.15) is 80.5 Å². The topological polar surface area (TPSA) is 108 Å². The van der Waals surface area contributed by atoms with Gasteiger partial charge in [-0.1, -0.05) is 98.9 Å². The van der Waals surface area contributed by atoms with Crippen molar-refractivity contribution < 1.29 is 24.5 Å². The molecule has 6 atom stereocenters. The molecular weight excluding hydrogens is 560 g/mol. The molecule has 0 radical (unpaired) electrons. The van der Waals surface area contributed by atoms with Crippen LogP contribution in [0.25, 0.3) is 6.08 Å². The average molecular weight is 607 g/mol. The molecule has 0 aromatic heterocycles. The second-order valence-electron chi connectivity index (χ2n) is 12.4. The molecule has 43 heavy (non-hydrogen) atoms. The molecule has 2 fully saturated rings. The summed E-state index contributed by atoms with van der Waals surface area (Å²) >= 11 is 1.78. The maximum atomic E-state index is 13.8. The summed E-state index contributed by atoms with van der Waals surface area (Å²) < 4.78 is 5.68. The Kier molecular flexibility index (Phi) is 11.6. The van der Waals surface area contributed by atoms with Gasteiger partial charge in [0.1, 0.15) is 6.10 Å². The average Bonchev–Trinajstić information content (AvgIpc) is 3.64.